The number of hydrazone groups is 1. The van der Waals surface area contributed by atoms with Crippen molar-refractivity contribution in [1.29, 1.82) is 0 Å². The van der Waals surface area contributed by atoms with Gasteiger partial charge in [0.1, 0.15) is 0 Å². The highest BCUT2D eigenvalue weighted by atomic mass is 35.5. The minimum atomic E-state index is -0.269. The van der Waals surface area contributed by atoms with E-state index in [-0.39, 0.29) is 30.7 Å². The van der Waals surface area contributed by atoms with Gasteiger partial charge in [-0.15, -0.1) is 0 Å². The monoisotopic (exact) mass is 335 g/mol. The van der Waals surface area contributed by atoms with Crippen LogP contribution in [-0.2, 0) is 9.59 Å². The Morgan fingerprint density at radius 3 is 2.43 bits per heavy atom. The van der Waals surface area contributed by atoms with Crippen molar-refractivity contribution in [2.24, 2.45) is 5.10 Å². The lowest BCUT2D eigenvalue weighted by molar-refractivity contribution is -0.126. The molecular weight excluding hydrogens is 314 g/mol. The molecule has 23 heavy (non-hydrogen) atoms. The maximum absolute atomic E-state index is 11.8. The lowest BCUT2D eigenvalue weighted by atomic mass is 9.95. The van der Waals surface area contributed by atoms with Crippen LogP contribution in [0.15, 0.2) is 29.4 Å². The predicted octanol–water partition coefficient (Wildman–Crippen LogP) is 3.02. The maximum atomic E-state index is 11.8. The van der Waals surface area contributed by atoms with Crippen molar-refractivity contribution in [2.45, 2.75) is 51.0 Å². The van der Waals surface area contributed by atoms with Gasteiger partial charge in [0.15, 0.2) is 0 Å². The average molecular weight is 336 g/mol. The molecule has 0 aliphatic heterocycles. The molecule has 1 aliphatic rings. The number of hydrogen-bond acceptors (Lipinski definition) is 3. The zero-order valence-electron chi connectivity index (χ0n) is 13.1. The van der Waals surface area contributed by atoms with Crippen molar-refractivity contribution in [2.75, 3.05) is 0 Å². The molecule has 2 amide bonds. The van der Waals surface area contributed by atoms with E-state index in [9.17, 15) is 9.59 Å². The summed E-state index contributed by atoms with van der Waals surface area (Å²) in [7, 11) is 0. The van der Waals surface area contributed by atoms with Gasteiger partial charge in [-0.05, 0) is 30.5 Å². The number of benzene rings is 1. The molecule has 1 aromatic rings. The fourth-order valence-corrected chi connectivity index (χ4v) is 2.68. The summed E-state index contributed by atoms with van der Waals surface area (Å²) < 4.78 is 0. The van der Waals surface area contributed by atoms with Gasteiger partial charge in [0.05, 0.1) is 6.21 Å². The number of nitrogens with zero attached hydrogens (tertiary/aromatic N) is 1. The minimum Gasteiger partial charge on any atom is -0.353 e. The summed E-state index contributed by atoms with van der Waals surface area (Å²) in [4.78, 5) is 23.5. The second kappa shape index (κ2) is 9.30. The van der Waals surface area contributed by atoms with E-state index in [0.29, 0.717) is 5.02 Å². The smallest absolute Gasteiger partial charge is 0.240 e. The first kappa shape index (κ1) is 17.5. The van der Waals surface area contributed by atoms with E-state index in [1.807, 2.05) is 0 Å². The Balaban J connectivity index is 1.64. The Morgan fingerprint density at radius 1 is 1.09 bits per heavy atom. The van der Waals surface area contributed by atoms with E-state index in [2.05, 4.69) is 15.8 Å². The zero-order chi connectivity index (χ0) is 16.5. The Bertz CT molecular complexity index is 551. The first-order valence-corrected chi connectivity index (χ1v) is 8.38. The molecule has 0 heterocycles. The summed E-state index contributed by atoms with van der Waals surface area (Å²) in [5.41, 5.74) is 3.26. The molecule has 0 bridgehead atoms. The van der Waals surface area contributed by atoms with Gasteiger partial charge < -0.3 is 5.32 Å². The van der Waals surface area contributed by atoms with Crippen molar-refractivity contribution in [3.05, 3.63) is 34.9 Å². The fourth-order valence-electron chi connectivity index (χ4n) is 2.56. The van der Waals surface area contributed by atoms with Gasteiger partial charge in [-0.2, -0.15) is 5.10 Å². The number of rotatable bonds is 6. The van der Waals surface area contributed by atoms with Gasteiger partial charge in [-0.25, -0.2) is 5.43 Å². The van der Waals surface area contributed by atoms with Crippen molar-refractivity contribution in [3.8, 4) is 0 Å². The van der Waals surface area contributed by atoms with Crippen LogP contribution in [0.4, 0.5) is 0 Å². The second-order valence-electron chi connectivity index (χ2n) is 5.75. The first-order valence-electron chi connectivity index (χ1n) is 8.00. The molecular formula is C17H22ClN3O2. The summed E-state index contributed by atoms with van der Waals surface area (Å²) in [6, 6.07) is 7.38. The zero-order valence-corrected chi connectivity index (χ0v) is 13.8. The average Bonchev–Trinajstić information content (AvgIpc) is 2.56. The molecule has 124 valence electrons. The molecule has 2 N–H and O–H groups in total. The molecule has 5 nitrogen and oxygen atoms in total. The first-order chi connectivity index (χ1) is 11.1. The summed E-state index contributed by atoms with van der Waals surface area (Å²) in [5, 5.41) is 7.51. The van der Waals surface area contributed by atoms with E-state index >= 15 is 0 Å². The predicted molar refractivity (Wildman–Crippen MR) is 91.4 cm³/mol. The van der Waals surface area contributed by atoms with Gasteiger partial charge in [-0.3, -0.25) is 9.59 Å². The normalized spacial score (nSPS) is 15.5. The van der Waals surface area contributed by atoms with Crippen LogP contribution in [0.3, 0.4) is 0 Å². The summed E-state index contributed by atoms with van der Waals surface area (Å²) in [6.45, 7) is 0. The Morgan fingerprint density at radius 2 is 1.74 bits per heavy atom. The highest BCUT2D eigenvalue weighted by Gasteiger charge is 2.15. The standard InChI is InChI=1S/C17H22ClN3O2/c18-14-8-6-13(7-9-14)12-19-21-17(23)11-10-16(22)20-15-4-2-1-3-5-15/h6-9,12,15H,1-5,10-11H2,(H,20,22)(H,21,23)/b19-12+. The molecule has 1 saturated carbocycles. The van der Waals surface area contributed by atoms with E-state index in [4.69, 9.17) is 11.6 Å². The molecule has 1 aliphatic carbocycles. The van der Waals surface area contributed by atoms with Crippen LogP contribution in [0.25, 0.3) is 0 Å². The van der Waals surface area contributed by atoms with E-state index in [0.717, 1.165) is 18.4 Å². The van der Waals surface area contributed by atoms with E-state index < -0.39 is 0 Å². The van der Waals surface area contributed by atoms with Crippen molar-refractivity contribution < 1.29 is 9.59 Å². The topological polar surface area (TPSA) is 70.6 Å². The molecule has 0 saturated heterocycles. The Labute approximate surface area is 141 Å². The SMILES string of the molecule is O=C(CCC(=O)NC1CCCCC1)N/N=C/c1ccc(Cl)cc1. The second-order valence-corrected chi connectivity index (χ2v) is 6.18. The van der Waals surface area contributed by atoms with E-state index in [1.165, 1.54) is 25.5 Å². The van der Waals surface area contributed by atoms with Gasteiger partial charge in [-0.1, -0.05) is 43.0 Å². The van der Waals surface area contributed by atoms with Gasteiger partial charge in [0.2, 0.25) is 11.8 Å². The number of carbonyl (C=O) groups excluding carboxylic acids is 2. The molecule has 1 aromatic carbocycles. The third kappa shape index (κ3) is 6.82. The summed E-state index contributed by atoms with van der Waals surface area (Å²) in [6.07, 6.45) is 7.55. The molecule has 0 spiro atoms. The lowest BCUT2D eigenvalue weighted by Gasteiger charge is -2.22. The number of carbonyl (C=O) groups is 2. The molecule has 0 aromatic heterocycles. The largest absolute Gasteiger partial charge is 0.353 e. The van der Waals surface area contributed by atoms with Crippen LogP contribution in [0.5, 0.6) is 0 Å². The maximum Gasteiger partial charge on any atom is 0.240 e. The van der Waals surface area contributed by atoms with Crippen LogP contribution in [0, 0.1) is 0 Å². The van der Waals surface area contributed by atoms with Crippen LogP contribution < -0.4 is 10.7 Å². The van der Waals surface area contributed by atoms with Crippen molar-refractivity contribution >= 4 is 29.6 Å². The third-order valence-electron chi connectivity index (χ3n) is 3.82. The van der Waals surface area contributed by atoms with Crippen LogP contribution in [0.2, 0.25) is 5.02 Å². The van der Waals surface area contributed by atoms with Crippen LogP contribution in [0.1, 0.15) is 50.5 Å². The number of amides is 2. The highest BCUT2D eigenvalue weighted by Crippen LogP contribution is 2.17. The number of nitrogens with one attached hydrogen (secondary N) is 2. The van der Waals surface area contributed by atoms with Crippen molar-refractivity contribution in [1.82, 2.24) is 10.7 Å². The van der Waals surface area contributed by atoms with Crippen LogP contribution in [-0.4, -0.2) is 24.1 Å². The van der Waals surface area contributed by atoms with Gasteiger partial charge in [0, 0.05) is 23.9 Å². The van der Waals surface area contributed by atoms with Gasteiger partial charge in [0.25, 0.3) is 0 Å². The summed E-state index contributed by atoms with van der Waals surface area (Å²) in [5.74, 6) is -0.331. The third-order valence-corrected chi connectivity index (χ3v) is 4.07. The quantitative estimate of drug-likeness (QED) is 0.619. The minimum absolute atomic E-state index is 0.0614. The molecule has 0 unspecified atom stereocenters. The van der Waals surface area contributed by atoms with Crippen molar-refractivity contribution in [3.63, 3.8) is 0 Å². The van der Waals surface area contributed by atoms with E-state index in [1.54, 1.807) is 24.3 Å². The Kier molecular flexibility index (Phi) is 7.07. The molecule has 1 fully saturated rings. The molecule has 2 rings (SSSR count). The highest BCUT2D eigenvalue weighted by molar-refractivity contribution is 6.30. The Hall–Kier alpha value is -1.88. The van der Waals surface area contributed by atoms with Gasteiger partial charge >= 0.3 is 0 Å². The molecule has 6 heteroatoms. The lowest BCUT2D eigenvalue weighted by Crippen LogP contribution is -2.36. The fraction of sp³-hybridized carbons (Fsp3) is 0.471. The number of halogens is 1. The summed E-state index contributed by atoms with van der Waals surface area (Å²) >= 11 is 5.78. The molecule has 0 atom stereocenters. The molecule has 0 radical (unpaired) electrons. The van der Waals surface area contributed by atoms with Crippen LogP contribution >= 0.6 is 11.6 Å². The number of hydrogen-bond donors (Lipinski definition) is 2.